The van der Waals surface area contributed by atoms with Gasteiger partial charge in [0, 0.05) is 5.56 Å². The van der Waals surface area contributed by atoms with E-state index in [1.165, 1.54) is 0 Å². The quantitative estimate of drug-likeness (QED) is 0.407. The molecule has 0 spiro atoms. The minimum absolute atomic E-state index is 0.00791. The molecule has 1 saturated carbocycles. The number of aromatic nitrogens is 2. The van der Waals surface area contributed by atoms with Gasteiger partial charge in [-0.1, -0.05) is 60.5 Å². The van der Waals surface area contributed by atoms with Crippen LogP contribution in [0.5, 0.6) is 5.75 Å². The van der Waals surface area contributed by atoms with Gasteiger partial charge in [-0.25, -0.2) is 0 Å². The molecule has 6 nitrogen and oxygen atoms in total. The fraction of sp³-hybridized carbons (Fsp3) is 0.222. The number of rotatable bonds is 6. The number of nitrogens with one attached hydrogen (secondary N) is 1. The Labute approximate surface area is 192 Å². The van der Waals surface area contributed by atoms with Gasteiger partial charge in [-0.2, -0.15) is 4.98 Å². The van der Waals surface area contributed by atoms with Crippen molar-refractivity contribution in [2.45, 2.75) is 31.1 Å². The summed E-state index contributed by atoms with van der Waals surface area (Å²) in [5.74, 6) is 1.60. The zero-order chi connectivity index (χ0) is 22.7. The van der Waals surface area contributed by atoms with Gasteiger partial charge in [-0.15, -0.1) is 0 Å². The summed E-state index contributed by atoms with van der Waals surface area (Å²) in [5.41, 5.74) is 2.73. The highest BCUT2D eigenvalue weighted by Crippen LogP contribution is 2.42. The number of hydrogen-bond acceptors (Lipinski definition) is 5. The van der Waals surface area contributed by atoms with E-state index in [0.29, 0.717) is 23.0 Å². The van der Waals surface area contributed by atoms with Crippen LogP contribution in [0.1, 0.15) is 31.2 Å². The van der Waals surface area contributed by atoms with Crippen LogP contribution in [0.15, 0.2) is 83.4 Å². The van der Waals surface area contributed by atoms with E-state index in [2.05, 4.69) is 27.6 Å². The van der Waals surface area contributed by atoms with Crippen LogP contribution in [-0.2, 0) is 10.2 Å². The number of para-hydroxylation sites is 1. The summed E-state index contributed by atoms with van der Waals surface area (Å²) in [6, 6.07) is 25.1. The molecule has 0 saturated heterocycles. The Hall–Kier alpha value is -3.93. The van der Waals surface area contributed by atoms with Crippen molar-refractivity contribution in [3.8, 4) is 28.6 Å². The van der Waals surface area contributed by atoms with Crippen LogP contribution in [0.25, 0.3) is 22.8 Å². The van der Waals surface area contributed by atoms with Crippen molar-refractivity contribution in [2.75, 3.05) is 12.4 Å². The smallest absolute Gasteiger partial charge is 0.260 e. The van der Waals surface area contributed by atoms with Crippen molar-refractivity contribution < 1.29 is 14.1 Å². The van der Waals surface area contributed by atoms with Crippen LogP contribution in [0.4, 0.5) is 5.69 Å². The van der Waals surface area contributed by atoms with Crippen molar-refractivity contribution in [1.82, 2.24) is 10.1 Å². The fourth-order valence-corrected chi connectivity index (χ4v) is 4.59. The Balaban J connectivity index is 1.44. The summed E-state index contributed by atoms with van der Waals surface area (Å²) in [7, 11) is 1.63. The Bertz CT molecular complexity index is 1240. The molecule has 1 aliphatic carbocycles. The zero-order valence-electron chi connectivity index (χ0n) is 18.5. The Morgan fingerprint density at radius 3 is 2.36 bits per heavy atom. The third-order valence-corrected chi connectivity index (χ3v) is 6.40. The van der Waals surface area contributed by atoms with Crippen molar-refractivity contribution in [1.29, 1.82) is 0 Å². The second kappa shape index (κ2) is 8.90. The average molecular weight is 440 g/mol. The first-order chi connectivity index (χ1) is 16.2. The highest BCUT2D eigenvalue weighted by atomic mass is 16.5. The number of amides is 1. The molecule has 0 bridgehead atoms. The Morgan fingerprint density at radius 2 is 1.64 bits per heavy atom. The lowest BCUT2D eigenvalue weighted by atomic mass is 9.78. The van der Waals surface area contributed by atoms with E-state index < -0.39 is 5.41 Å². The van der Waals surface area contributed by atoms with Crippen molar-refractivity contribution in [3.63, 3.8) is 0 Å². The van der Waals surface area contributed by atoms with Gasteiger partial charge in [-0.3, -0.25) is 4.79 Å². The molecule has 5 rings (SSSR count). The summed E-state index contributed by atoms with van der Waals surface area (Å²) in [6.07, 6.45) is 3.76. The summed E-state index contributed by atoms with van der Waals surface area (Å²) >= 11 is 0. The van der Waals surface area contributed by atoms with Gasteiger partial charge < -0.3 is 14.6 Å². The molecule has 6 heteroatoms. The SMILES string of the molecule is COc1ccc(-c2noc(-c3ccccc3NC(=O)C3(c4ccccc4)CCCC3)n2)cc1. The second-order valence-electron chi connectivity index (χ2n) is 8.31. The van der Waals surface area contributed by atoms with E-state index >= 15 is 0 Å². The number of ether oxygens (including phenoxy) is 1. The van der Waals surface area contributed by atoms with E-state index in [9.17, 15) is 4.79 Å². The lowest BCUT2D eigenvalue weighted by Gasteiger charge is -2.28. The van der Waals surface area contributed by atoms with E-state index in [0.717, 1.165) is 42.6 Å². The number of hydrogen-bond donors (Lipinski definition) is 1. The summed E-state index contributed by atoms with van der Waals surface area (Å²) < 4.78 is 10.8. The zero-order valence-corrected chi connectivity index (χ0v) is 18.5. The van der Waals surface area contributed by atoms with Crippen LogP contribution in [0, 0.1) is 0 Å². The fourth-order valence-electron chi connectivity index (χ4n) is 4.59. The minimum Gasteiger partial charge on any atom is -0.497 e. The average Bonchev–Trinajstić information content (AvgIpc) is 3.56. The highest BCUT2D eigenvalue weighted by Gasteiger charge is 2.42. The van der Waals surface area contributed by atoms with Gasteiger partial charge in [0.1, 0.15) is 5.75 Å². The minimum atomic E-state index is -0.516. The molecular formula is C27H25N3O3. The lowest BCUT2D eigenvalue weighted by Crippen LogP contribution is -2.38. The number of methoxy groups -OCH3 is 1. The van der Waals surface area contributed by atoms with Crippen molar-refractivity contribution in [2.24, 2.45) is 0 Å². The predicted octanol–water partition coefficient (Wildman–Crippen LogP) is 5.86. The summed E-state index contributed by atoms with van der Waals surface area (Å²) in [4.78, 5) is 18.2. The van der Waals surface area contributed by atoms with Crippen molar-refractivity contribution in [3.05, 3.63) is 84.4 Å². The van der Waals surface area contributed by atoms with Gasteiger partial charge in [-0.05, 0) is 54.8 Å². The highest BCUT2D eigenvalue weighted by molar-refractivity contribution is 6.01. The molecule has 0 aliphatic heterocycles. The molecule has 1 N–H and O–H groups in total. The molecule has 0 radical (unpaired) electrons. The van der Waals surface area contributed by atoms with Gasteiger partial charge in [0.15, 0.2) is 0 Å². The number of anilines is 1. The molecule has 3 aromatic carbocycles. The molecule has 1 fully saturated rings. The topological polar surface area (TPSA) is 77.3 Å². The van der Waals surface area contributed by atoms with Gasteiger partial charge in [0.25, 0.3) is 5.89 Å². The largest absolute Gasteiger partial charge is 0.497 e. The second-order valence-corrected chi connectivity index (χ2v) is 8.31. The monoisotopic (exact) mass is 439 g/mol. The predicted molar refractivity (Wildman–Crippen MR) is 127 cm³/mol. The molecule has 1 aromatic heterocycles. The van der Waals surface area contributed by atoms with Crippen LogP contribution in [0.3, 0.4) is 0 Å². The molecule has 0 unspecified atom stereocenters. The van der Waals surface area contributed by atoms with Crippen LogP contribution < -0.4 is 10.1 Å². The maximum Gasteiger partial charge on any atom is 0.260 e. The summed E-state index contributed by atoms with van der Waals surface area (Å²) in [5, 5.41) is 7.31. The number of carbonyl (C=O) groups excluding carboxylic acids is 1. The van der Waals surface area contributed by atoms with E-state index in [1.54, 1.807) is 7.11 Å². The molecule has 1 amide bonds. The molecule has 1 aliphatic rings. The molecular weight excluding hydrogens is 414 g/mol. The Kier molecular flexibility index (Phi) is 5.65. The van der Waals surface area contributed by atoms with Crippen molar-refractivity contribution >= 4 is 11.6 Å². The van der Waals surface area contributed by atoms with Crippen LogP contribution in [-0.4, -0.2) is 23.2 Å². The maximum absolute atomic E-state index is 13.6. The first kappa shape index (κ1) is 20.9. The normalized spacial score (nSPS) is 14.7. The first-order valence-electron chi connectivity index (χ1n) is 11.1. The van der Waals surface area contributed by atoms with Gasteiger partial charge in [0.2, 0.25) is 11.7 Å². The lowest BCUT2D eigenvalue weighted by molar-refractivity contribution is -0.121. The van der Waals surface area contributed by atoms with E-state index in [1.807, 2.05) is 66.7 Å². The van der Waals surface area contributed by atoms with Gasteiger partial charge in [0.05, 0.1) is 23.8 Å². The number of benzene rings is 3. The molecule has 1 heterocycles. The number of nitrogens with zero attached hydrogens (tertiary/aromatic N) is 2. The maximum atomic E-state index is 13.6. The van der Waals surface area contributed by atoms with Crippen LogP contribution in [0.2, 0.25) is 0 Å². The molecule has 4 aromatic rings. The molecule has 33 heavy (non-hydrogen) atoms. The molecule has 166 valence electrons. The van der Waals surface area contributed by atoms with E-state index in [-0.39, 0.29) is 5.91 Å². The van der Waals surface area contributed by atoms with E-state index in [4.69, 9.17) is 9.26 Å². The standard InChI is InChI=1S/C27H25N3O3/c1-32-21-15-13-19(14-16-21)24-29-25(33-30-24)22-11-5-6-12-23(22)28-26(31)27(17-7-8-18-27)20-9-3-2-4-10-20/h2-6,9-16H,7-8,17-18H2,1H3,(H,28,31). The summed E-state index contributed by atoms with van der Waals surface area (Å²) in [6.45, 7) is 0. The number of carbonyl (C=O) groups is 1. The third-order valence-electron chi connectivity index (χ3n) is 6.40. The third kappa shape index (κ3) is 4.00. The Morgan fingerprint density at radius 1 is 0.939 bits per heavy atom. The first-order valence-corrected chi connectivity index (χ1v) is 11.1. The molecule has 0 atom stereocenters. The van der Waals surface area contributed by atoms with Crippen LogP contribution >= 0.6 is 0 Å². The van der Waals surface area contributed by atoms with Gasteiger partial charge >= 0.3 is 0 Å².